The molecule has 1 heterocycles. The zero-order chi connectivity index (χ0) is 8.43. The van der Waals surface area contributed by atoms with E-state index in [1.54, 1.807) is 7.05 Å². The first-order valence-electron chi connectivity index (χ1n) is 3.56. The molecule has 0 aliphatic carbocycles. The van der Waals surface area contributed by atoms with E-state index in [2.05, 4.69) is 10.1 Å². The molecule has 0 fully saturated rings. The minimum absolute atomic E-state index is 0.0419. The second-order valence-corrected chi connectivity index (χ2v) is 2.38. The Hall–Kier alpha value is -1.19. The lowest BCUT2D eigenvalue weighted by Gasteiger charge is -1.89. The van der Waals surface area contributed by atoms with Crippen LogP contribution in [0.1, 0.15) is 30.3 Å². The molecule has 0 aliphatic heterocycles. The minimum atomic E-state index is -0.0419. The zero-order valence-corrected chi connectivity index (χ0v) is 6.96. The van der Waals surface area contributed by atoms with Crippen molar-refractivity contribution in [3.8, 4) is 0 Å². The van der Waals surface area contributed by atoms with E-state index < -0.39 is 0 Å². The molecule has 1 aromatic rings. The Morgan fingerprint density at radius 1 is 1.64 bits per heavy atom. The number of carbonyl (C=O) groups excluding carboxylic acids is 1. The van der Waals surface area contributed by atoms with Crippen LogP contribution in [0.4, 0.5) is 0 Å². The molecule has 11 heavy (non-hydrogen) atoms. The molecule has 1 aromatic heterocycles. The third kappa shape index (κ3) is 1.45. The Kier molecular flexibility index (Phi) is 2.03. The molecule has 0 saturated carbocycles. The molecule has 0 spiro atoms. The second-order valence-electron chi connectivity index (χ2n) is 2.38. The van der Waals surface area contributed by atoms with Gasteiger partial charge in [-0.1, -0.05) is 6.92 Å². The van der Waals surface area contributed by atoms with Crippen LogP contribution >= 0.6 is 0 Å². The van der Waals surface area contributed by atoms with Crippen molar-refractivity contribution in [3.05, 3.63) is 11.6 Å². The van der Waals surface area contributed by atoms with Gasteiger partial charge in [-0.3, -0.25) is 4.79 Å². The molecule has 0 aliphatic rings. The number of ketones is 1. The van der Waals surface area contributed by atoms with Crippen molar-refractivity contribution in [1.82, 2.24) is 14.8 Å². The third-order valence-corrected chi connectivity index (χ3v) is 1.44. The number of hydrogen-bond donors (Lipinski definition) is 0. The molecule has 4 heteroatoms. The van der Waals surface area contributed by atoms with E-state index in [1.807, 2.05) is 6.92 Å². The highest BCUT2D eigenvalue weighted by Crippen LogP contribution is 1.97. The Morgan fingerprint density at radius 2 is 2.27 bits per heavy atom. The van der Waals surface area contributed by atoms with Crippen LogP contribution in [0.2, 0.25) is 0 Å². The van der Waals surface area contributed by atoms with Crippen molar-refractivity contribution in [3.63, 3.8) is 0 Å². The van der Waals surface area contributed by atoms with Gasteiger partial charge in [-0.2, -0.15) is 5.10 Å². The van der Waals surface area contributed by atoms with Crippen LogP contribution in [0.3, 0.4) is 0 Å². The largest absolute Gasteiger partial charge is 0.291 e. The van der Waals surface area contributed by atoms with Crippen molar-refractivity contribution in [2.24, 2.45) is 7.05 Å². The van der Waals surface area contributed by atoms with E-state index in [0.29, 0.717) is 5.82 Å². The molecule has 0 N–H and O–H groups in total. The number of aryl methyl sites for hydroxylation is 2. The summed E-state index contributed by atoms with van der Waals surface area (Å²) in [5.74, 6) is 1.11. The van der Waals surface area contributed by atoms with Gasteiger partial charge in [0.05, 0.1) is 0 Å². The van der Waals surface area contributed by atoms with Crippen LogP contribution < -0.4 is 0 Å². The van der Waals surface area contributed by atoms with E-state index in [1.165, 1.54) is 11.6 Å². The van der Waals surface area contributed by atoms with Crippen LogP contribution in [0.5, 0.6) is 0 Å². The van der Waals surface area contributed by atoms with Gasteiger partial charge in [-0.15, -0.1) is 0 Å². The summed E-state index contributed by atoms with van der Waals surface area (Å²) >= 11 is 0. The lowest BCUT2D eigenvalue weighted by Crippen LogP contribution is -2.03. The van der Waals surface area contributed by atoms with Gasteiger partial charge in [0.2, 0.25) is 0 Å². The monoisotopic (exact) mass is 153 g/mol. The summed E-state index contributed by atoms with van der Waals surface area (Å²) in [5, 5.41) is 4.04. The van der Waals surface area contributed by atoms with Gasteiger partial charge in [-0.05, 0) is 0 Å². The molecular weight excluding hydrogens is 142 g/mol. The summed E-state index contributed by atoms with van der Waals surface area (Å²) in [5.41, 5.74) is 0. The molecule has 0 amide bonds. The highest BCUT2D eigenvalue weighted by atomic mass is 16.1. The lowest BCUT2D eigenvalue weighted by molar-refractivity contribution is 0.0999. The van der Waals surface area contributed by atoms with Crippen LogP contribution in [-0.2, 0) is 13.5 Å². The van der Waals surface area contributed by atoms with Gasteiger partial charge in [-0.25, -0.2) is 9.67 Å². The van der Waals surface area contributed by atoms with E-state index in [0.717, 1.165) is 12.2 Å². The molecule has 60 valence electrons. The molecule has 0 saturated heterocycles. The van der Waals surface area contributed by atoms with Crippen molar-refractivity contribution in [1.29, 1.82) is 0 Å². The Labute approximate surface area is 65.2 Å². The first-order valence-corrected chi connectivity index (χ1v) is 3.56. The van der Waals surface area contributed by atoms with Gasteiger partial charge in [0.25, 0.3) is 0 Å². The van der Waals surface area contributed by atoms with E-state index in [-0.39, 0.29) is 5.78 Å². The SMILES string of the molecule is CCc1nc(C(C)=O)n(C)n1. The summed E-state index contributed by atoms with van der Waals surface area (Å²) in [6.45, 7) is 3.45. The maximum atomic E-state index is 10.9. The van der Waals surface area contributed by atoms with E-state index in [4.69, 9.17) is 0 Å². The van der Waals surface area contributed by atoms with Gasteiger partial charge < -0.3 is 0 Å². The molecule has 1 rings (SSSR count). The average Bonchev–Trinajstić information content (AvgIpc) is 2.30. The Balaban J connectivity index is 3.07. The maximum absolute atomic E-state index is 10.9. The quantitative estimate of drug-likeness (QED) is 0.584. The summed E-state index contributed by atoms with van der Waals surface area (Å²) in [7, 11) is 1.73. The first-order chi connectivity index (χ1) is 5.15. The van der Waals surface area contributed by atoms with Crippen molar-refractivity contribution < 1.29 is 4.79 Å². The zero-order valence-electron chi connectivity index (χ0n) is 6.96. The van der Waals surface area contributed by atoms with Crippen LogP contribution in [-0.4, -0.2) is 20.5 Å². The first kappa shape index (κ1) is 7.91. The third-order valence-electron chi connectivity index (χ3n) is 1.44. The number of hydrogen-bond acceptors (Lipinski definition) is 3. The maximum Gasteiger partial charge on any atom is 0.196 e. The second kappa shape index (κ2) is 2.82. The molecular formula is C7H11N3O. The molecule has 4 nitrogen and oxygen atoms in total. The average molecular weight is 153 g/mol. The predicted molar refractivity (Wildman–Crippen MR) is 40.4 cm³/mol. The number of nitrogens with zero attached hydrogens (tertiary/aromatic N) is 3. The number of aromatic nitrogens is 3. The molecule has 0 unspecified atom stereocenters. The molecule has 0 aromatic carbocycles. The number of carbonyl (C=O) groups is 1. The van der Waals surface area contributed by atoms with Crippen molar-refractivity contribution in [2.45, 2.75) is 20.3 Å². The summed E-state index contributed by atoms with van der Waals surface area (Å²) < 4.78 is 1.52. The topological polar surface area (TPSA) is 47.8 Å². The van der Waals surface area contributed by atoms with Crippen molar-refractivity contribution in [2.75, 3.05) is 0 Å². The fraction of sp³-hybridized carbons (Fsp3) is 0.571. The van der Waals surface area contributed by atoms with Crippen LogP contribution in [0, 0.1) is 0 Å². The smallest absolute Gasteiger partial charge is 0.196 e. The number of Topliss-reactive ketones (excluding diaryl/α,β-unsaturated/α-hetero) is 1. The Morgan fingerprint density at radius 3 is 2.55 bits per heavy atom. The van der Waals surface area contributed by atoms with Gasteiger partial charge in [0.1, 0.15) is 0 Å². The fourth-order valence-corrected chi connectivity index (χ4v) is 0.894. The number of rotatable bonds is 2. The summed E-state index contributed by atoms with van der Waals surface area (Å²) in [6.07, 6.45) is 0.765. The molecule has 0 radical (unpaired) electrons. The predicted octanol–water partition coefficient (Wildman–Crippen LogP) is 0.580. The van der Waals surface area contributed by atoms with Crippen molar-refractivity contribution >= 4 is 5.78 Å². The normalized spacial score (nSPS) is 10.1. The molecule has 0 atom stereocenters. The summed E-state index contributed by atoms with van der Waals surface area (Å²) in [4.78, 5) is 14.9. The van der Waals surface area contributed by atoms with E-state index in [9.17, 15) is 4.79 Å². The van der Waals surface area contributed by atoms with Crippen LogP contribution in [0.25, 0.3) is 0 Å². The minimum Gasteiger partial charge on any atom is -0.291 e. The highest BCUT2D eigenvalue weighted by Gasteiger charge is 2.08. The molecule has 0 bridgehead atoms. The lowest BCUT2D eigenvalue weighted by atomic mass is 10.4. The fourth-order valence-electron chi connectivity index (χ4n) is 0.894. The summed E-state index contributed by atoms with van der Waals surface area (Å²) in [6, 6.07) is 0. The standard InChI is InChI=1S/C7H11N3O/c1-4-6-8-7(5(2)11)10(3)9-6/h4H2,1-3H3. The van der Waals surface area contributed by atoms with Gasteiger partial charge >= 0.3 is 0 Å². The van der Waals surface area contributed by atoms with Gasteiger partial charge in [0, 0.05) is 20.4 Å². The van der Waals surface area contributed by atoms with Crippen LogP contribution in [0.15, 0.2) is 0 Å². The van der Waals surface area contributed by atoms with Gasteiger partial charge in [0.15, 0.2) is 17.4 Å². The Bertz CT molecular complexity index is 277. The highest BCUT2D eigenvalue weighted by molar-refractivity contribution is 5.90. The van der Waals surface area contributed by atoms with E-state index >= 15 is 0 Å².